The fourth-order valence-electron chi connectivity index (χ4n) is 2.38. The van der Waals surface area contributed by atoms with Crippen LogP contribution in [-0.2, 0) is 6.18 Å². The van der Waals surface area contributed by atoms with Crippen LogP contribution in [0.2, 0.25) is 0 Å². The van der Waals surface area contributed by atoms with Crippen LogP contribution in [0, 0.1) is 10.1 Å². The van der Waals surface area contributed by atoms with Crippen molar-refractivity contribution >= 4 is 21.8 Å². The zero-order valence-electron chi connectivity index (χ0n) is 12.4. The van der Waals surface area contributed by atoms with E-state index in [1.807, 2.05) is 0 Å². The first-order chi connectivity index (χ1) is 11.8. The number of nitrogens with zero attached hydrogens (tertiary/aromatic N) is 3. The van der Waals surface area contributed by atoms with Gasteiger partial charge >= 0.3 is 6.18 Å². The van der Waals surface area contributed by atoms with Gasteiger partial charge in [-0.2, -0.15) is 13.2 Å². The van der Waals surface area contributed by atoms with Crippen LogP contribution in [0.25, 0.3) is 11.1 Å². The van der Waals surface area contributed by atoms with Gasteiger partial charge in [0.1, 0.15) is 11.4 Å². The molecule has 0 spiro atoms. The molecule has 0 saturated carbocycles. The Morgan fingerprint density at radius 2 is 1.96 bits per heavy atom. The first-order valence-electron chi connectivity index (χ1n) is 6.87. The van der Waals surface area contributed by atoms with Gasteiger partial charge in [0.05, 0.1) is 10.5 Å². The molecule has 1 aromatic heterocycles. The molecular formula is C15H11F3N4O2S. The topological polar surface area (TPSA) is 94.4 Å². The van der Waals surface area contributed by atoms with Gasteiger partial charge in [-0.05, 0) is 28.0 Å². The minimum Gasteiger partial charge on any atom is -0.379 e. The molecule has 1 aliphatic heterocycles. The van der Waals surface area contributed by atoms with Crippen molar-refractivity contribution in [3.63, 3.8) is 0 Å². The molecule has 2 heterocycles. The number of aromatic nitrogens is 1. The number of nitrogens with two attached hydrogens (primary N) is 1. The Hall–Kier alpha value is -2.88. The predicted octanol–water partition coefficient (Wildman–Crippen LogP) is 3.84. The van der Waals surface area contributed by atoms with Crippen molar-refractivity contribution in [2.75, 3.05) is 0 Å². The molecule has 10 heteroatoms. The Morgan fingerprint density at radius 1 is 1.20 bits per heavy atom. The third-order valence-electron chi connectivity index (χ3n) is 3.50. The minimum absolute atomic E-state index is 0.0180. The number of amidine groups is 1. The fraction of sp³-hybridized carbons (Fsp3) is 0.0667. The first-order valence-corrected chi connectivity index (χ1v) is 8.28. The first kappa shape index (κ1) is 17.0. The van der Waals surface area contributed by atoms with E-state index < -0.39 is 27.6 Å². The summed E-state index contributed by atoms with van der Waals surface area (Å²) in [6.45, 7) is 0. The molecule has 1 unspecified atom stereocenters. The molecular weight excluding hydrogens is 357 g/mol. The smallest absolute Gasteiger partial charge is 0.379 e. The van der Waals surface area contributed by atoms with Crippen LogP contribution in [0.4, 0.5) is 18.9 Å². The number of alkyl halides is 3. The molecule has 2 N–H and O–H groups in total. The summed E-state index contributed by atoms with van der Waals surface area (Å²) in [6, 6.07) is 4.87. The average Bonchev–Trinajstić information content (AvgIpc) is 2.99. The molecule has 0 aliphatic carbocycles. The van der Waals surface area contributed by atoms with Crippen molar-refractivity contribution in [3.05, 3.63) is 63.9 Å². The second-order valence-corrected chi connectivity index (χ2v) is 7.08. The van der Waals surface area contributed by atoms with Crippen molar-refractivity contribution < 1.29 is 18.1 Å². The van der Waals surface area contributed by atoms with Crippen LogP contribution in [0.1, 0.15) is 5.56 Å². The SMILES string of the molecule is NC1=NC=C[SH]1c1ccc(-c2cncc([N+](=O)[O-])c2)c(C(F)(F)F)c1. The lowest BCUT2D eigenvalue weighted by Crippen LogP contribution is -2.11. The van der Waals surface area contributed by atoms with Crippen LogP contribution in [-0.4, -0.2) is 15.1 Å². The van der Waals surface area contributed by atoms with E-state index in [2.05, 4.69) is 9.98 Å². The monoisotopic (exact) mass is 368 g/mol. The molecule has 0 bridgehead atoms. The van der Waals surface area contributed by atoms with Crippen molar-refractivity contribution in [3.8, 4) is 11.1 Å². The second kappa shape index (κ2) is 6.20. The van der Waals surface area contributed by atoms with Crippen LogP contribution in [0.5, 0.6) is 0 Å². The average molecular weight is 368 g/mol. The zero-order valence-corrected chi connectivity index (χ0v) is 13.3. The molecule has 0 radical (unpaired) electrons. The molecule has 0 fully saturated rings. The molecule has 1 aromatic carbocycles. The quantitative estimate of drug-likeness (QED) is 0.489. The predicted molar refractivity (Wildman–Crippen MR) is 89.3 cm³/mol. The molecule has 130 valence electrons. The third kappa shape index (κ3) is 3.33. The summed E-state index contributed by atoms with van der Waals surface area (Å²) in [6.07, 6.45) is -1.03. The maximum absolute atomic E-state index is 13.5. The molecule has 0 amide bonds. The summed E-state index contributed by atoms with van der Waals surface area (Å²) in [4.78, 5) is 18.1. The molecule has 1 aliphatic rings. The molecule has 1 atom stereocenters. The van der Waals surface area contributed by atoms with E-state index >= 15 is 0 Å². The van der Waals surface area contributed by atoms with Gasteiger partial charge in [-0.3, -0.25) is 15.1 Å². The van der Waals surface area contributed by atoms with Gasteiger partial charge in [-0.25, -0.2) is 4.99 Å². The van der Waals surface area contributed by atoms with E-state index in [-0.39, 0.29) is 22.0 Å². The number of rotatable bonds is 3. The van der Waals surface area contributed by atoms with E-state index in [0.29, 0.717) is 4.90 Å². The Bertz CT molecular complexity index is 912. The van der Waals surface area contributed by atoms with Gasteiger partial charge in [0.2, 0.25) is 0 Å². The van der Waals surface area contributed by atoms with E-state index in [1.54, 1.807) is 5.41 Å². The molecule has 0 saturated heterocycles. The number of thiol groups is 1. The van der Waals surface area contributed by atoms with Crippen LogP contribution < -0.4 is 5.73 Å². The van der Waals surface area contributed by atoms with Crippen LogP contribution >= 0.6 is 10.9 Å². The van der Waals surface area contributed by atoms with Gasteiger partial charge in [-0.15, -0.1) is 10.9 Å². The third-order valence-corrected chi connectivity index (χ3v) is 5.38. The normalized spacial score (nSPS) is 18.2. The Balaban J connectivity index is 2.14. The van der Waals surface area contributed by atoms with Gasteiger partial charge in [0, 0.05) is 24.0 Å². The lowest BCUT2D eigenvalue weighted by molar-refractivity contribution is -0.385. The number of hydrogen-bond acceptors (Lipinski definition) is 5. The van der Waals surface area contributed by atoms with E-state index in [9.17, 15) is 23.3 Å². The van der Waals surface area contributed by atoms with Crippen molar-refractivity contribution in [2.24, 2.45) is 10.7 Å². The summed E-state index contributed by atoms with van der Waals surface area (Å²) in [7, 11) is -1.24. The van der Waals surface area contributed by atoms with Crippen molar-refractivity contribution in [1.82, 2.24) is 4.98 Å². The van der Waals surface area contributed by atoms with E-state index in [0.717, 1.165) is 24.5 Å². The van der Waals surface area contributed by atoms with E-state index in [1.165, 1.54) is 18.3 Å². The number of halogens is 3. The highest BCUT2D eigenvalue weighted by molar-refractivity contribution is 8.32. The highest BCUT2D eigenvalue weighted by Gasteiger charge is 2.35. The molecule has 25 heavy (non-hydrogen) atoms. The summed E-state index contributed by atoms with van der Waals surface area (Å²) in [5.41, 5.74) is 4.28. The number of pyridine rings is 1. The number of aliphatic imine (C=N–C) groups is 1. The van der Waals surface area contributed by atoms with E-state index in [4.69, 9.17) is 5.73 Å². The molecule has 3 rings (SSSR count). The van der Waals surface area contributed by atoms with Gasteiger partial charge in [0.15, 0.2) is 0 Å². The lowest BCUT2D eigenvalue weighted by Gasteiger charge is -2.18. The Morgan fingerprint density at radius 3 is 2.56 bits per heavy atom. The molecule has 6 nitrogen and oxygen atoms in total. The maximum atomic E-state index is 13.5. The van der Waals surface area contributed by atoms with Crippen molar-refractivity contribution in [1.29, 1.82) is 0 Å². The standard InChI is InChI=1S/C15H11F3N4O2S/c16-15(17,18)13-6-11(25-4-3-21-14(25)19)1-2-12(13)9-5-10(22(23)24)8-20-7-9/h1-8,25H,(H2,19,21). The summed E-state index contributed by atoms with van der Waals surface area (Å²) < 4.78 is 40.6. The molecule has 2 aromatic rings. The Labute approximate surface area is 142 Å². The van der Waals surface area contributed by atoms with Crippen molar-refractivity contribution in [2.45, 2.75) is 11.1 Å². The highest BCUT2D eigenvalue weighted by atomic mass is 32.2. The fourth-order valence-corrected chi connectivity index (χ4v) is 3.86. The van der Waals surface area contributed by atoms with Crippen LogP contribution in [0.15, 0.2) is 58.2 Å². The van der Waals surface area contributed by atoms with Gasteiger partial charge in [0.25, 0.3) is 5.69 Å². The maximum Gasteiger partial charge on any atom is 0.417 e. The van der Waals surface area contributed by atoms with Gasteiger partial charge < -0.3 is 5.73 Å². The summed E-state index contributed by atoms with van der Waals surface area (Å²) >= 11 is 0. The van der Waals surface area contributed by atoms with Crippen LogP contribution in [0.3, 0.4) is 0 Å². The van der Waals surface area contributed by atoms with Gasteiger partial charge in [-0.1, -0.05) is 6.07 Å². The number of nitro groups is 1. The zero-order chi connectivity index (χ0) is 18.2. The second-order valence-electron chi connectivity index (χ2n) is 5.07. The minimum atomic E-state index is -4.64. The highest BCUT2D eigenvalue weighted by Crippen LogP contribution is 2.45. The Kier molecular flexibility index (Phi) is 4.21. The lowest BCUT2D eigenvalue weighted by atomic mass is 10.0. The number of benzene rings is 1. The number of hydrogen-bond donors (Lipinski definition) is 2. The largest absolute Gasteiger partial charge is 0.417 e. The summed E-state index contributed by atoms with van der Waals surface area (Å²) in [5.74, 6) is 0. The summed E-state index contributed by atoms with van der Waals surface area (Å²) in [5, 5.41) is 12.8.